The molecule has 0 saturated heterocycles. The number of fused-ring (bicyclic) bond motifs is 2. The summed E-state index contributed by atoms with van der Waals surface area (Å²) in [7, 11) is 0. The Labute approximate surface area is 165 Å². The Morgan fingerprint density at radius 3 is 2.50 bits per heavy atom. The molecule has 4 aromatic carbocycles. The third kappa shape index (κ3) is 3.39. The van der Waals surface area contributed by atoms with Gasteiger partial charge in [-0.15, -0.1) is 0 Å². The van der Waals surface area contributed by atoms with Gasteiger partial charge in [0.2, 0.25) is 0 Å². The second kappa shape index (κ2) is 7.49. The Morgan fingerprint density at radius 1 is 0.786 bits per heavy atom. The molecule has 1 aliphatic heterocycles. The number of hydrogen-bond donors (Lipinski definition) is 1. The third-order valence-corrected chi connectivity index (χ3v) is 5.52. The first-order valence-electron chi connectivity index (χ1n) is 9.88. The largest absolute Gasteiger partial charge is 0.489 e. The van der Waals surface area contributed by atoms with Crippen molar-refractivity contribution < 1.29 is 4.74 Å². The molecule has 1 atom stereocenters. The van der Waals surface area contributed by atoms with Crippen LogP contribution in [0.1, 0.15) is 28.3 Å². The van der Waals surface area contributed by atoms with E-state index in [2.05, 4.69) is 78.1 Å². The minimum Gasteiger partial charge on any atom is -0.489 e. The van der Waals surface area contributed by atoms with E-state index in [4.69, 9.17) is 4.74 Å². The maximum Gasteiger partial charge on any atom is 0.120 e. The van der Waals surface area contributed by atoms with Crippen LogP contribution in [0.3, 0.4) is 0 Å². The summed E-state index contributed by atoms with van der Waals surface area (Å²) >= 11 is 0. The molecule has 0 fully saturated rings. The molecule has 0 aliphatic carbocycles. The zero-order chi connectivity index (χ0) is 18.8. The standard InChI is InChI=1S/C26H23NO/c1-2-6-19(7-3-1)18-28-24-12-13-25-22(17-24)14-15-27-26(25)23-11-10-20-8-4-5-9-21(20)16-23/h1-13,16-17,26-27H,14-15,18H2. The molecule has 0 amide bonds. The van der Waals surface area contributed by atoms with Gasteiger partial charge in [-0.2, -0.15) is 0 Å². The van der Waals surface area contributed by atoms with Crippen LogP contribution in [0.2, 0.25) is 0 Å². The lowest BCUT2D eigenvalue weighted by molar-refractivity contribution is 0.305. The van der Waals surface area contributed by atoms with E-state index in [1.807, 2.05) is 18.2 Å². The second-order valence-corrected chi connectivity index (χ2v) is 7.38. The maximum absolute atomic E-state index is 6.04. The number of rotatable bonds is 4. The van der Waals surface area contributed by atoms with Crippen molar-refractivity contribution in [1.82, 2.24) is 5.32 Å². The van der Waals surface area contributed by atoms with Crippen molar-refractivity contribution in [2.75, 3.05) is 6.54 Å². The van der Waals surface area contributed by atoms with Gasteiger partial charge in [-0.3, -0.25) is 0 Å². The van der Waals surface area contributed by atoms with E-state index < -0.39 is 0 Å². The van der Waals surface area contributed by atoms with E-state index in [-0.39, 0.29) is 6.04 Å². The summed E-state index contributed by atoms with van der Waals surface area (Å²) in [6.45, 7) is 1.58. The number of benzene rings is 4. The maximum atomic E-state index is 6.04. The van der Waals surface area contributed by atoms with Gasteiger partial charge >= 0.3 is 0 Å². The van der Waals surface area contributed by atoms with Crippen LogP contribution in [0.15, 0.2) is 91.0 Å². The van der Waals surface area contributed by atoms with Gasteiger partial charge in [-0.25, -0.2) is 0 Å². The molecule has 1 unspecified atom stereocenters. The summed E-state index contributed by atoms with van der Waals surface area (Å²) in [5.74, 6) is 0.946. The van der Waals surface area contributed by atoms with Crippen molar-refractivity contribution in [3.63, 3.8) is 0 Å². The van der Waals surface area contributed by atoms with Crippen molar-refractivity contribution in [2.24, 2.45) is 0 Å². The van der Waals surface area contributed by atoms with Crippen molar-refractivity contribution in [2.45, 2.75) is 19.1 Å². The Hall–Kier alpha value is -3.10. The SMILES string of the molecule is c1ccc(COc2ccc3c(c2)CCNC3c2ccc3ccccc3c2)cc1. The molecule has 0 spiro atoms. The predicted octanol–water partition coefficient (Wildman–Crippen LogP) is 5.65. The van der Waals surface area contributed by atoms with Crippen molar-refractivity contribution in [1.29, 1.82) is 0 Å². The average Bonchev–Trinajstić information content (AvgIpc) is 2.77. The molecule has 138 valence electrons. The summed E-state index contributed by atoms with van der Waals surface area (Å²) in [5, 5.41) is 6.27. The first-order chi connectivity index (χ1) is 13.9. The molecule has 28 heavy (non-hydrogen) atoms. The molecule has 0 bridgehead atoms. The summed E-state index contributed by atoms with van der Waals surface area (Å²) in [6.07, 6.45) is 1.03. The van der Waals surface area contributed by atoms with E-state index in [0.717, 1.165) is 18.7 Å². The molecule has 0 aromatic heterocycles. The van der Waals surface area contributed by atoms with Gasteiger partial charge in [0.05, 0.1) is 6.04 Å². The first-order valence-corrected chi connectivity index (χ1v) is 9.88. The van der Waals surface area contributed by atoms with Gasteiger partial charge in [0.15, 0.2) is 0 Å². The normalized spacial score (nSPS) is 15.9. The van der Waals surface area contributed by atoms with Gasteiger partial charge in [0.1, 0.15) is 12.4 Å². The molecule has 2 heteroatoms. The van der Waals surface area contributed by atoms with Gasteiger partial charge in [0, 0.05) is 6.54 Å². The molecule has 1 N–H and O–H groups in total. The van der Waals surface area contributed by atoms with Gasteiger partial charge < -0.3 is 10.1 Å². The summed E-state index contributed by atoms with van der Waals surface area (Å²) in [4.78, 5) is 0. The van der Waals surface area contributed by atoms with E-state index in [1.165, 1.54) is 33.0 Å². The van der Waals surface area contributed by atoms with Crippen LogP contribution < -0.4 is 10.1 Å². The minimum atomic E-state index is 0.233. The first kappa shape index (κ1) is 17.0. The van der Waals surface area contributed by atoms with Crippen LogP contribution >= 0.6 is 0 Å². The Morgan fingerprint density at radius 2 is 1.61 bits per heavy atom. The van der Waals surface area contributed by atoms with Crippen LogP contribution in [-0.4, -0.2) is 6.54 Å². The van der Waals surface area contributed by atoms with Crippen molar-refractivity contribution in [3.05, 3.63) is 113 Å². The van der Waals surface area contributed by atoms with Crippen LogP contribution in [0, 0.1) is 0 Å². The highest BCUT2D eigenvalue weighted by Crippen LogP contribution is 2.32. The molecule has 4 aromatic rings. The lowest BCUT2D eigenvalue weighted by Gasteiger charge is -2.28. The van der Waals surface area contributed by atoms with Gasteiger partial charge in [-0.05, 0) is 57.6 Å². The molecule has 2 nitrogen and oxygen atoms in total. The Kier molecular flexibility index (Phi) is 4.56. The lowest BCUT2D eigenvalue weighted by atomic mass is 9.89. The van der Waals surface area contributed by atoms with Gasteiger partial charge in [0.25, 0.3) is 0 Å². The molecule has 5 rings (SSSR count). The fraction of sp³-hybridized carbons (Fsp3) is 0.154. The van der Waals surface area contributed by atoms with Crippen molar-refractivity contribution in [3.8, 4) is 5.75 Å². The average molecular weight is 365 g/mol. The summed E-state index contributed by atoms with van der Waals surface area (Å²) < 4.78 is 6.04. The summed E-state index contributed by atoms with van der Waals surface area (Å²) in [6, 6.07) is 32.4. The van der Waals surface area contributed by atoms with E-state index in [1.54, 1.807) is 0 Å². The third-order valence-electron chi connectivity index (χ3n) is 5.52. The number of nitrogens with one attached hydrogen (secondary N) is 1. The van der Waals surface area contributed by atoms with Crippen LogP contribution in [0.5, 0.6) is 5.75 Å². The monoisotopic (exact) mass is 365 g/mol. The smallest absolute Gasteiger partial charge is 0.120 e. The Bertz CT molecular complexity index is 1100. The quantitative estimate of drug-likeness (QED) is 0.504. The number of ether oxygens (including phenoxy) is 1. The van der Waals surface area contributed by atoms with Crippen LogP contribution in [0.4, 0.5) is 0 Å². The zero-order valence-corrected chi connectivity index (χ0v) is 15.8. The molecular formula is C26H23NO. The lowest BCUT2D eigenvalue weighted by Crippen LogP contribution is -2.30. The van der Waals surface area contributed by atoms with E-state index in [9.17, 15) is 0 Å². The van der Waals surface area contributed by atoms with Crippen LogP contribution in [0.25, 0.3) is 10.8 Å². The predicted molar refractivity (Wildman–Crippen MR) is 115 cm³/mol. The second-order valence-electron chi connectivity index (χ2n) is 7.38. The van der Waals surface area contributed by atoms with E-state index >= 15 is 0 Å². The molecule has 1 aliphatic rings. The fourth-order valence-corrected chi connectivity index (χ4v) is 4.06. The molecule has 1 heterocycles. The van der Waals surface area contributed by atoms with Gasteiger partial charge in [-0.1, -0.05) is 72.8 Å². The Balaban J connectivity index is 1.41. The highest BCUT2D eigenvalue weighted by molar-refractivity contribution is 5.83. The zero-order valence-electron chi connectivity index (χ0n) is 15.8. The molecule has 0 radical (unpaired) electrons. The number of hydrogen-bond acceptors (Lipinski definition) is 2. The molecular weight excluding hydrogens is 342 g/mol. The molecule has 0 saturated carbocycles. The fourth-order valence-electron chi connectivity index (χ4n) is 4.06. The highest BCUT2D eigenvalue weighted by atomic mass is 16.5. The minimum absolute atomic E-state index is 0.233. The summed E-state index contributed by atoms with van der Waals surface area (Å²) in [5.41, 5.74) is 5.24. The van der Waals surface area contributed by atoms with E-state index in [0.29, 0.717) is 6.61 Å². The van der Waals surface area contributed by atoms with Crippen molar-refractivity contribution >= 4 is 10.8 Å². The topological polar surface area (TPSA) is 21.3 Å². The highest BCUT2D eigenvalue weighted by Gasteiger charge is 2.22. The van der Waals surface area contributed by atoms with Crippen LogP contribution in [-0.2, 0) is 13.0 Å².